The Labute approximate surface area is 198 Å². The van der Waals surface area contributed by atoms with Crippen LogP contribution in [-0.2, 0) is 9.59 Å². The molecule has 4 atom stereocenters. The van der Waals surface area contributed by atoms with Crippen LogP contribution in [0.3, 0.4) is 0 Å². The Kier molecular flexibility index (Phi) is 4.70. The molecule has 2 amide bonds. The van der Waals surface area contributed by atoms with Crippen LogP contribution in [0.2, 0.25) is 0 Å². The number of hydrogen-bond acceptors (Lipinski definition) is 3. The molecule has 4 heteroatoms. The SMILES string of the molecule is CC(=O)c1ccc(N2C(=O)[C@@H]3[C@@H](C2=O)[C@@H]2C=C[C@@H]3C2=C(c2ccccc2)c2ccccc2)cc1. The highest BCUT2D eigenvalue weighted by atomic mass is 16.2. The van der Waals surface area contributed by atoms with Crippen molar-refractivity contribution in [3.8, 4) is 0 Å². The van der Waals surface area contributed by atoms with Crippen molar-refractivity contribution in [2.75, 3.05) is 4.90 Å². The Morgan fingerprint density at radius 2 is 1.12 bits per heavy atom. The first-order valence-corrected chi connectivity index (χ1v) is 11.6. The lowest BCUT2D eigenvalue weighted by atomic mass is 9.85. The molecule has 1 saturated heterocycles. The van der Waals surface area contributed by atoms with E-state index in [9.17, 15) is 14.4 Å². The standard InChI is InChI=1S/C30H23NO3/c1-18(32)19-12-14-22(15-13-19)31-29(33)27-23-16-17-24(28(27)30(31)34)26(23)25(20-8-4-2-5-9-20)21-10-6-3-7-11-21/h2-17,23-24,27-28H,1H3/t23-,24-,27+,28+/m1/s1. The molecule has 0 spiro atoms. The van der Waals surface area contributed by atoms with Gasteiger partial charge in [0.05, 0.1) is 17.5 Å². The van der Waals surface area contributed by atoms with E-state index in [1.807, 2.05) is 36.4 Å². The van der Waals surface area contributed by atoms with E-state index in [2.05, 4.69) is 36.4 Å². The second-order valence-corrected chi connectivity index (χ2v) is 9.17. The number of anilines is 1. The number of fused-ring (bicyclic) bond motifs is 5. The Hall–Kier alpha value is -4.05. The fourth-order valence-corrected chi connectivity index (χ4v) is 5.91. The molecule has 3 aromatic carbocycles. The van der Waals surface area contributed by atoms with Crippen molar-refractivity contribution >= 4 is 28.9 Å². The first kappa shape index (κ1) is 20.5. The molecule has 3 aromatic rings. The minimum absolute atomic E-state index is 0.0473. The van der Waals surface area contributed by atoms with Gasteiger partial charge in [-0.1, -0.05) is 72.8 Å². The third-order valence-electron chi connectivity index (χ3n) is 7.36. The molecule has 4 nitrogen and oxygen atoms in total. The van der Waals surface area contributed by atoms with Crippen molar-refractivity contribution in [2.45, 2.75) is 6.92 Å². The Morgan fingerprint density at radius 3 is 1.56 bits per heavy atom. The molecular weight excluding hydrogens is 422 g/mol. The van der Waals surface area contributed by atoms with Gasteiger partial charge in [-0.15, -0.1) is 0 Å². The lowest BCUT2D eigenvalue weighted by Crippen LogP contribution is -2.33. The second-order valence-electron chi connectivity index (χ2n) is 9.17. The summed E-state index contributed by atoms with van der Waals surface area (Å²) in [6, 6.07) is 27.2. The van der Waals surface area contributed by atoms with E-state index in [0.29, 0.717) is 11.3 Å². The van der Waals surface area contributed by atoms with Crippen LogP contribution in [0.15, 0.2) is 103 Å². The number of allylic oxidation sites excluding steroid dienone is 3. The maximum atomic E-state index is 13.6. The molecule has 1 heterocycles. The maximum absolute atomic E-state index is 13.6. The summed E-state index contributed by atoms with van der Waals surface area (Å²) in [6.45, 7) is 1.50. The number of imide groups is 1. The fourth-order valence-electron chi connectivity index (χ4n) is 5.91. The fraction of sp³-hybridized carbons (Fsp3) is 0.167. The molecule has 0 N–H and O–H groups in total. The van der Waals surface area contributed by atoms with Crippen molar-refractivity contribution < 1.29 is 14.4 Å². The zero-order valence-corrected chi connectivity index (χ0v) is 18.7. The molecule has 166 valence electrons. The summed E-state index contributed by atoms with van der Waals surface area (Å²) in [6.07, 6.45) is 4.22. The molecule has 6 rings (SSSR count). The van der Waals surface area contributed by atoms with Gasteiger partial charge in [-0.05, 0) is 53.5 Å². The van der Waals surface area contributed by atoms with Crippen LogP contribution < -0.4 is 4.90 Å². The quantitative estimate of drug-likeness (QED) is 0.311. The summed E-state index contributed by atoms with van der Waals surface area (Å²) in [5.41, 5.74) is 5.57. The number of benzene rings is 3. The van der Waals surface area contributed by atoms with E-state index in [4.69, 9.17) is 0 Å². The first-order chi connectivity index (χ1) is 16.6. The molecule has 1 saturated carbocycles. The average molecular weight is 446 g/mol. The van der Waals surface area contributed by atoms with Gasteiger partial charge in [-0.2, -0.15) is 0 Å². The highest BCUT2D eigenvalue weighted by Crippen LogP contribution is 2.58. The van der Waals surface area contributed by atoms with Crippen LogP contribution in [0, 0.1) is 23.7 Å². The van der Waals surface area contributed by atoms with Gasteiger partial charge >= 0.3 is 0 Å². The highest BCUT2D eigenvalue weighted by Gasteiger charge is 2.62. The number of ketones is 1. The number of Topliss-reactive ketones (excluding diaryl/α,β-unsaturated/α-hetero) is 1. The van der Waals surface area contributed by atoms with Crippen LogP contribution >= 0.6 is 0 Å². The zero-order valence-electron chi connectivity index (χ0n) is 18.7. The van der Waals surface area contributed by atoms with E-state index < -0.39 is 11.8 Å². The van der Waals surface area contributed by atoms with Crippen LogP contribution in [0.4, 0.5) is 5.69 Å². The summed E-state index contributed by atoms with van der Waals surface area (Å²) in [4.78, 5) is 40.2. The minimum atomic E-state index is -0.396. The summed E-state index contributed by atoms with van der Waals surface area (Å²) in [7, 11) is 0. The van der Waals surface area contributed by atoms with Crippen LogP contribution in [-0.4, -0.2) is 17.6 Å². The van der Waals surface area contributed by atoms with Gasteiger partial charge in [0.2, 0.25) is 11.8 Å². The van der Waals surface area contributed by atoms with Crippen molar-refractivity contribution in [1.29, 1.82) is 0 Å². The minimum Gasteiger partial charge on any atom is -0.295 e. The van der Waals surface area contributed by atoms with Crippen LogP contribution in [0.1, 0.15) is 28.4 Å². The van der Waals surface area contributed by atoms with E-state index in [1.165, 1.54) is 17.4 Å². The van der Waals surface area contributed by atoms with E-state index >= 15 is 0 Å². The zero-order chi connectivity index (χ0) is 23.4. The van der Waals surface area contributed by atoms with Crippen molar-refractivity contribution in [3.63, 3.8) is 0 Å². The van der Waals surface area contributed by atoms with Crippen LogP contribution in [0.5, 0.6) is 0 Å². The monoisotopic (exact) mass is 445 g/mol. The number of carbonyl (C=O) groups is 3. The molecule has 34 heavy (non-hydrogen) atoms. The smallest absolute Gasteiger partial charge is 0.238 e. The van der Waals surface area contributed by atoms with Crippen molar-refractivity contribution in [3.05, 3.63) is 119 Å². The summed E-state index contributed by atoms with van der Waals surface area (Å²) >= 11 is 0. The van der Waals surface area contributed by atoms with Gasteiger partial charge in [0, 0.05) is 17.4 Å². The molecule has 3 aliphatic rings. The van der Waals surface area contributed by atoms with Gasteiger partial charge in [-0.25, -0.2) is 4.90 Å². The lowest BCUT2D eigenvalue weighted by Gasteiger charge is -2.21. The molecule has 0 radical (unpaired) electrons. The van der Waals surface area contributed by atoms with Gasteiger partial charge in [0.15, 0.2) is 5.78 Å². The average Bonchev–Trinajstić information content (AvgIpc) is 3.50. The number of hydrogen-bond donors (Lipinski definition) is 0. The van der Waals surface area contributed by atoms with Gasteiger partial charge in [0.1, 0.15) is 0 Å². The molecular formula is C30H23NO3. The number of nitrogens with zero attached hydrogens (tertiary/aromatic N) is 1. The summed E-state index contributed by atoms with van der Waals surface area (Å²) in [5, 5.41) is 0. The predicted octanol–water partition coefficient (Wildman–Crippen LogP) is 5.31. The third kappa shape index (κ3) is 2.95. The molecule has 0 unspecified atom stereocenters. The topological polar surface area (TPSA) is 54.5 Å². The third-order valence-corrected chi connectivity index (χ3v) is 7.36. The second kappa shape index (κ2) is 7.77. The Bertz CT molecular complexity index is 1290. The van der Waals surface area contributed by atoms with Crippen LogP contribution in [0.25, 0.3) is 5.57 Å². The highest BCUT2D eigenvalue weighted by molar-refractivity contribution is 6.23. The van der Waals surface area contributed by atoms with Crippen molar-refractivity contribution in [2.24, 2.45) is 23.7 Å². The van der Waals surface area contributed by atoms with E-state index in [-0.39, 0.29) is 29.4 Å². The summed E-state index contributed by atoms with van der Waals surface area (Å²) < 4.78 is 0. The molecule has 2 aliphatic carbocycles. The summed E-state index contributed by atoms with van der Waals surface area (Å²) in [5.74, 6) is -1.36. The van der Waals surface area contributed by atoms with Crippen molar-refractivity contribution in [1.82, 2.24) is 0 Å². The van der Waals surface area contributed by atoms with Gasteiger partial charge < -0.3 is 0 Å². The molecule has 2 fully saturated rings. The normalized spacial score (nSPS) is 24.6. The Morgan fingerprint density at radius 1 is 0.647 bits per heavy atom. The largest absolute Gasteiger partial charge is 0.295 e. The number of carbonyl (C=O) groups excluding carboxylic acids is 3. The maximum Gasteiger partial charge on any atom is 0.238 e. The number of amides is 2. The van der Waals surface area contributed by atoms with Gasteiger partial charge in [-0.3, -0.25) is 14.4 Å². The lowest BCUT2D eigenvalue weighted by molar-refractivity contribution is -0.122. The predicted molar refractivity (Wildman–Crippen MR) is 131 cm³/mol. The molecule has 2 bridgehead atoms. The first-order valence-electron chi connectivity index (χ1n) is 11.6. The number of rotatable bonds is 4. The Balaban J connectivity index is 1.44. The molecule has 0 aromatic heterocycles. The van der Waals surface area contributed by atoms with E-state index in [0.717, 1.165) is 16.7 Å². The van der Waals surface area contributed by atoms with Gasteiger partial charge in [0.25, 0.3) is 0 Å². The molecule has 1 aliphatic heterocycles. The van der Waals surface area contributed by atoms with E-state index in [1.54, 1.807) is 24.3 Å².